The van der Waals surface area contributed by atoms with Crippen LogP contribution in [0.25, 0.3) is 0 Å². The van der Waals surface area contributed by atoms with Crippen molar-refractivity contribution >= 4 is 23.4 Å². The summed E-state index contributed by atoms with van der Waals surface area (Å²) < 4.78 is 0. The Morgan fingerprint density at radius 3 is 2.45 bits per heavy atom. The molecule has 0 atom stereocenters. The fraction of sp³-hybridized carbons (Fsp3) is 0.278. The van der Waals surface area contributed by atoms with Gasteiger partial charge in [0.15, 0.2) is 0 Å². The Kier molecular flexibility index (Phi) is 6.04. The Labute approximate surface area is 135 Å². The molecule has 0 radical (unpaired) electrons. The van der Waals surface area contributed by atoms with E-state index in [9.17, 15) is 4.79 Å². The number of aliphatic hydroxyl groups excluding tert-OH is 1. The monoisotopic (exact) mass is 315 g/mol. The molecule has 2 rings (SSSR count). The van der Waals surface area contributed by atoms with E-state index in [0.717, 1.165) is 33.7 Å². The summed E-state index contributed by atoms with van der Waals surface area (Å²) in [7, 11) is 0. The maximum absolute atomic E-state index is 12.0. The second-order valence-electron chi connectivity index (χ2n) is 5.40. The van der Waals surface area contributed by atoms with Crippen molar-refractivity contribution in [2.45, 2.75) is 26.2 Å². The molecule has 1 amide bonds. The Morgan fingerprint density at radius 2 is 1.77 bits per heavy atom. The molecule has 0 spiro atoms. The lowest BCUT2D eigenvalue weighted by Crippen LogP contribution is -2.14. The third-order valence-corrected chi connectivity index (χ3v) is 4.19. The van der Waals surface area contributed by atoms with E-state index in [1.807, 2.05) is 50.2 Å². The highest BCUT2D eigenvalue weighted by Gasteiger charge is 2.04. The predicted molar refractivity (Wildman–Crippen MR) is 93.1 cm³/mol. The van der Waals surface area contributed by atoms with Crippen LogP contribution in [-0.4, -0.2) is 16.8 Å². The van der Waals surface area contributed by atoms with E-state index in [2.05, 4.69) is 11.4 Å². The quantitative estimate of drug-likeness (QED) is 0.855. The van der Waals surface area contributed by atoms with Crippen LogP contribution in [0, 0.1) is 13.8 Å². The average molecular weight is 315 g/mol. The van der Waals surface area contributed by atoms with Gasteiger partial charge in [0, 0.05) is 11.4 Å². The summed E-state index contributed by atoms with van der Waals surface area (Å²) in [6.45, 7) is 4.09. The van der Waals surface area contributed by atoms with Crippen molar-refractivity contribution in [1.82, 2.24) is 0 Å². The van der Waals surface area contributed by atoms with Gasteiger partial charge >= 0.3 is 0 Å². The number of benzene rings is 2. The highest BCUT2D eigenvalue weighted by atomic mass is 32.2. The number of anilines is 1. The smallest absolute Gasteiger partial charge is 0.234 e. The van der Waals surface area contributed by atoms with Crippen LogP contribution in [0.15, 0.2) is 42.5 Å². The minimum atomic E-state index is 0.00770. The van der Waals surface area contributed by atoms with Crippen LogP contribution in [0.4, 0.5) is 5.69 Å². The Hall–Kier alpha value is -1.78. The molecular formula is C18H21NO2S. The molecule has 0 saturated heterocycles. The number of thioether (sulfide) groups is 1. The number of carbonyl (C=O) groups is 1. The van der Waals surface area contributed by atoms with Crippen molar-refractivity contribution in [3.05, 3.63) is 64.7 Å². The summed E-state index contributed by atoms with van der Waals surface area (Å²) in [5, 5.41) is 12.0. The van der Waals surface area contributed by atoms with Crippen molar-refractivity contribution < 1.29 is 9.90 Å². The minimum absolute atomic E-state index is 0.00770. The molecule has 3 nitrogen and oxygen atoms in total. The molecule has 0 saturated carbocycles. The van der Waals surface area contributed by atoms with Crippen LogP contribution in [0.2, 0.25) is 0 Å². The van der Waals surface area contributed by atoms with Crippen LogP contribution in [0.3, 0.4) is 0 Å². The van der Waals surface area contributed by atoms with Gasteiger partial charge < -0.3 is 10.4 Å². The van der Waals surface area contributed by atoms with E-state index in [1.165, 1.54) is 0 Å². The zero-order valence-corrected chi connectivity index (χ0v) is 13.7. The van der Waals surface area contributed by atoms with Crippen LogP contribution < -0.4 is 5.32 Å². The second-order valence-corrected chi connectivity index (χ2v) is 6.38. The molecule has 2 aromatic rings. The molecule has 22 heavy (non-hydrogen) atoms. The zero-order chi connectivity index (χ0) is 15.9. The summed E-state index contributed by atoms with van der Waals surface area (Å²) in [5.41, 5.74) is 5.16. The van der Waals surface area contributed by atoms with Crippen molar-refractivity contribution in [3.63, 3.8) is 0 Å². The van der Waals surface area contributed by atoms with Crippen LogP contribution in [0.5, 0.6) is 0 Å². The van der Waals surface area contributed by atoms with Crippen LogP contribution in [-0.2, 0) is 17.2 Å². The summed E-state index contributed by atoms with van der Waals surface area (Å²) in [6.07, 6.45) is 0. The highest BCUT2D eigenvalue weighted by Crippen LogP contribution is 2.16. The number of aryl methyl sites for hydroxylation is 2. The van der Waals surface area contributed by atoms with E-state index >= 15 is 0 Å². The van der Waals surface area contributed by atoms with E-state index in [1.54, 1.807) is 11.8 Å². The molecule has 0 heterocycles. The molecule has 0 aliphatic carbocycles. The Balaban J connectivity index is 1.82. The lowest BCUT2D eigenvalue weighted by atomic mass is 10.1. The van der Waals surface area contributed by atoms with Gasteiger partial charge in [-0.2, -0.15) is 0 Å². The summed E-state index contributed by atoms with van der Waals surface area (Å²) in [4.78, 5) is 12.0. The van der Waals surface area contributed by atoms with Crippen LogP contribution in [0.1, 0.15) is 22.3 Å². The van der Waals surface area contributed by atoms with Crippen molar-refractivity contribution in [2.24, 2.45) is 0 Å². The molecule has 116 valence electrons. The van der Waals surface area contributed by atoms with Crippen LogP contribution >= 0.6 is 11.8 Å². The molecule has 0 bridgehead atoms. The lowest BCUT2D eigenvalue weighted by Gasteiger charge is -2.08. The van der Waals surface area contributed by atoms with Gasteiger partial charge in [0.25, 0.3) is 0 Å². The summed E-state index contributed by atoms with van der Waals surface area (Å²) in [6, 6.07) is 13.8. The summed E-state index contributed by atoms with van der Waals surface area (Å²) >= 11 is 1.57. The first-order chi connectivity index (χ1) is 10.6. The first kappa shape index (κ1) is 16.6. The Bertz CT molecular complexity index is 635. The average Bonchev–Trinajstić information content (AvgIpc) is 2.46. The van der Waals surface area contributed by atoms with Gasteiger partial charge in [-0.25, -0.2) is 0 Å². The molecule has 0 aliphatic rings. The van der Waals surface area contributed by atoms with E-state index < -0.39 is 0 Å². The highest BCUT2D eigenvalue weighted by molar-refractivity contribution is 7.99. The number of nitrogens with one attached hydrogen (secondary N) is 1. The largest absolute Gasteiger partial charge is 0.392 e. The van der Waals surface area contributed by atoms with Gasteiger partial charge in [0.05, 0.1) is 12.4 Å². The maximum Gasteiger partial charge on any atom is 0.234 e. The first-order valence-corrected chi connectivity index (χ1v) is 8.37. The normalized spacial score (nSPS) is 10.5. The van der Waals surface area contributed by atoms with E-state index in [-0.39, 0.29) is 12.5 Å². The number of rotatable bonds is 6. The molecule has 4 heteroatoms. The summed E-state index contributed by atoms with van der Waals surface area (Å²) in [5.74, 6) is 1.18. The van der Waals surface area contributed by atoms with Gasteiger partial charge in [0.2, 0.25) is 5.91 Å². The molecule has 0 aliphatic heterocycles. The van der Waals surface area contributed by atoms with Crippen molar-refractivity contribution in [2.75, 3.05) is 11.1 Å². The fourth-order valence-electron chi connectivity index (χ4n) is 2.32. The van der Waals surface area contributed by atoms with Gasteiger partial charge in [0.1, 0.15) is 0 Å². The molecule has 0 unspecified atom stereocenters. The standard InChI is InChI=1S/C18H21NO2S/c1-13-6-14(2)8-17(7-13)19-18(21)12-22-11-16-5-3-4-15(9-16)10-20/h3-9,20H,10-12H2,1-2H3,(H,19,21). The molecular weight excluding hydrogens is 294 g/mol. The number of carbonyl (C=O) groups excluding carboxylic acids is 1. The zero-order valence-electron chi connectivity index (χ0n) is 12.9. The third kappa shape index (κ3) is 5.20. The van der Waals surface area contributed by atoms with Gasteiger partial charge in [-0.05, 0) is 48.2 Å². The number of hydrogen-bond acceptors (Lipinski definition) is 3. The van der Waals surface area contributed by atoms with Gasteiger partial charge in [-0.3, -0.25) is 4.79 Å². The van der Waals surface area contributed by atoms with E-state index in [0.29, 0.717) is 5.75 Å². The Morgan fingerprint density at radius 1 is 1.09 bits per heavy atom. The van der Waals surface area contributed by atoms with Crippen molar-refractivity contribution in [1.29, 1.82) is 0 Å². The third-order valence-electron chi connectivity index (χ3n) is 3.18. The number of amides is 1. The number of aliphatic hydroxyl groups is 1. The molecule has 2 N–H and O–H groups in total. The first-order valence-electron chi connectivity index (χ1n) is 7.21. The molecule has 0 fully saturated rings. The second kappa shape index (κ2) is 8.01. The van der Waals surface area contributed by atoms with Gasteiger partial charge in [-0.1, -0.05) is 30.3 Å². The maximum atomic E-state index is 12.0. The molecule has 0 aromatic heterocycles. The van der Waals surface area contributed by atoms with Gasteiger partial charge in [-0.15, -0.1) is 11.8 Å². The van der Waals surface area contributed by atoms with E-state index in [4.69, 9.17) is 5.11 Å². The molecule has 2 aromatic carbocycles. The SMILES string of the molecule is Cc1cc(C)cc(NC(=O)CSCc2cccc(CO)c2)c1. The number of hydrogen-bond donors (Lipinski definition) is 2. The fourth-order valence-corrected chi connectivity index (χ4v) is 3.10. The topological polar surface area (TPSA) is 49.3 Å². The predicted octanol–water partition coefficient (Wildman–Crippen LogP) is 3.67. The van der Waals surface area contributed by atoms with Crippen molar-refractivity contribution in [3.8, 4) is 0 Å². The minimum Gasteiger partial charge on any atom is -0.392 e. The lowest BCUT2D eigenvalue weighted by molar-refractivity contribution is -0.113.